The van der Waals surface area contributed by atoms with Crippen molar-refractivity contribution in [3.05, 3.63) is 29.8 Å². The van der Waals surface area contributed by atoms with Gasteiger partial charge in [0.25, 0.3) is 10.1 Å². The third-order valence-corrected chi connectivity index (χ3v) is 11.3. The van der Waals surface area contributed by atoms with Gasteiger partial charge in [-0.25, -0.2) is 4.79 Å². The minimum atomic E-state index is -4.20. The van der Waals surface area contributed by atoms with E-state index in [0.717, 1.165) is 18.4 Å². The number of aliphatic hydroxyl groups is 1. The Morgan fingerprint density at radius 3 is 2.43 bits per heavy atom. The maximum atomic E-state index is 13.3. The third kappa shape index (κ3) is 4.46. The standard InChI is InChI=1S/C28H38O8S/c1-17-6-8-20(9-7-17)37(33,34)35-15-23(31)36-22-14-26(4)18(2)10-12-28(13-11-21(30)24(26)28)19(3)25(32)27(22,5)16-29/h6-9,16,18-19,22,24-25,32H,10-15H2,1-5H3/t18-,19+,22+,24+,25+,26-,27+,28+/m1/s1. The molecule has 0 heterocycles. The summed E-state index contributed by atoms with van der Waals surface area (Å²) in [6.07, 6.45) is 1.45. The predicted octanol–water partition coefficient (Wildman–Crippen LogP) is 3.62. The molecule has 0 amide bonds. The van der Waals surface area contributed by atoms with Crippen LogP contribution in [0.25, 0.3) is 0 Å². The molecule has 0 saturated heterocycles. The van der Waals surface area contributed by atoms with E-state index in [2.05, 4.69) is 6.92 Å². The first-order chi connectivity index (χ1) is 17.2. The minimum absolute atomic E-state index is 0.0848. The number of benzene rings is 1. The summed E-state index contributed by atoms with van der Waals surface area (Å²) in [4.78, 5) is 38.6. The molecule has 8 atom stereocenters. The van der Waals surface area contributed by atoms with Crippen LogP contribution in [0.3, 0.4) is 0 Å². The smallest absolute Gasteiger partial charge is 0.333 e. The third-order valence-electron chi connectivity index (χ3n) is 10.1. The van der Waals surface area contributed by atoms with E-state index in [-0.39, 0.29) is 34.9 Å². The summed E-state index contributed by atoms with van der Waals surface area (Å²) in [5, 5.41) is 11.5. The monoisotopic (exact) mass is 534 g/mol. The van der Waals surface area contributed by atoms with E-state index < -0.39 is 51.1 Å². The molecule has 0 unspecified atom stereocenters. The van der Waals surface area contributed by atoms with E-state index in [1.807, 2.05) is 20.8 Å². The van der Waals surface area contributed by atoms with E-state index >= 15 is 0 Å². The molecule has 1 aromatic rings. The number of hydrogen-bond donors (Lipinski definition) is 1. The molecule has 1 N–H and O–H groups in total. The van der Waals surface area contributed by atoms with Crippen molar-refractivity contribution in [2.24, 2.45) is 34.0 Å². The zero-order chi connectivity index (χ0) is 27.4. The van der Waals surface area contributed by atoms with Crippen molar-refractivity contribution in [1.29, 1.82) is 0 Å². The highest BCUT2D eigenvalue weighted by Gasteiger charge is 2.67. The minimum Gasteiger partial charge on any atom is -0.459 e. The molecule has 4 rings (SSSR count). The van der Waals surface area contributed by atoms with Gasteiger partial charge < -0.3 is 14.6 Å². The molecule has 3 aliphatic carbocycles. The van der Waals surface area contributed by atoms with Crippen LogP contribution in [-0.4, -0.2) is 50.4 Å². The first-order valence-corrected chi connectivity index (χ1v) is 14.4. The maximum absolute atomic E-state index is 13.3. The molecule has 3 aliphatic rings. The molecule has 0 aromatic heterocycles. The summed E-state index contributed by atoms with van der Waals surface area (Å²) in [6.45, 7) is 8.56. The molecule has 3 fully saturated rings. The molecule has 0 aliphatic heterocycles. The fourth-order valence-corrected chi connectivity index (χ4v) is 8.32. The predicted molar refractivity (Wildman–Crippen MR) is 135 cm³/mol. The van der Waals surface area contributed by atoms with Crippen LogP contribution >= 0.6 is 0 Å². The molecular weight excluding hydrogens is 496 g/mol. The van der Waals surface area contributed by atoms with E-state index in [1.165, 1.54) is 12.1 Å². The summed E-state index contributed by atoms with van der Waals surface area (Å²) in [7, 11) is -4.20. The van der Waals surface area contributed by atoms with Crippen LogP contribution in [0.2, 0.25) is 0 Å². The van der Waals surface area contributed by atoms with Crippen LogP contribution in [0.15, 0.2) is 29.2 Å². The SMILES string of the molecule is Cc1ccc(S(=O)(=O)OCC(=O)O[C@H]2C[C@]3(C)[C@H](C)CC[C@]4(CCC(=O)[C@@H]34)[C@@H](C)[C@H](O)[C@@]2(C)C=O)cc1. The number of aliphatic hydroxyl groups excluding tert-OH is 1. The highest BCUT2D eigenvalue weighted by Crippen LogP contribution is 2.67. The van der Waals surface area contributed by atoms with Crippen molar-refractivity contribution < 1.29 is 36.8 Å². The Kier molecular flexibility index (Phi) is 7.23. The quantitative estimate of drug-likeness (QED) is 0.333. The fraction of sp³-hybridized carbons (Fsp3) is 0.679. The first kappa shape index (κ1) is 27.9. The summed E-state index contributed by atoms with van der Waals surface area (Å²) in [5.74, 6) is -1.33. The number of Topliss-reactive ketones (excluding diaryl/α,β-unsaturated/α-hetero) is 1. The normalized spacial score (nSPS) is 39.8. The molecule has 8 nitrogen and oxygen atoms in total. The highest BCUT2D eigenvalue weighted by atomic mass is 32.2. The van der Waals surface area contributed by atoms with Gasteiger partial charge in [0.05, 0.1) is 16.4 Å². The van der Waals surface area contributed by atoms with E-state index in [0.29, 0.717) is 19.1 Å². The Balaban J connectivity index is 1.62. The molecule has 1 aromatic carbocycles. The second kappa shape index (κ2) is 9.58. The number of rotatable bonds is 6. The van der Waals surface area contributed by atoms with Gasteiger partial charge in [0, 0.05) is 12.3 Å². The summed E-state index contributed by atoms with van der Waals surface area (Å²) in [5.41, 5.74) is -1.52. The lowest BCUT2D eigenvalue weighted by Gasteiger charge is -2.60. The van der Waals surface area contributed by atoms with Crippen molar-refractivity contribution in [1.82, 2.24) is 0 Å². The topological polar surface area (TPSA) is 124 Å². The molecule has 9 heteroatoms. The van der Waals surface area contributed by atoms with Crippen LogP contribution in [-0.2, 0) is 33.4 Å². The van der Waals surface area contributed by atoms with Crippen molar-refractivity contribution in [2.45, 2.75) is 83.8 Å². The van der Waals surface area contributed by atoms with Gasteiger partial charge in [0.1, 0.15) is 18.2 Å². The van der Waals surface area contributed by atoms with Crippen molar-refractivity contribution >= 4 is 28.2 Å². The fourth-order valence-electron chi connectivity index (χ4n) is 7.46. The summed E-state index contributed by atoms with van der Waals surface area (Å²) < 4.78 is 35.8. The molecular formula is C28H38O8S. The lowest BCUT2D eigenvalue weighted by Crippen LogP contribution is -2.62. The largest absolute Gasteiger partial charge is 0.459 e. The molecule has 0 radical (unpaired) electrons. The Labute approximate surface area is 219 Å². The van der Waals surface area contributed by atoms with Gasteiger partial charge >= 0.3 is 5.97 Å². The van der Waals surface area contributed by atoms with Crippen molar-refractivity contribution in [3.8, 4) is 0 Å². The van der Waals surface area contributed by atoms with E-state index in [9.17, 15) is 27.9 Å². The number of carbonyl (C=O) groups excluding carboxylic acids is 3. The first-order valence-electron chi connectivity index (χ1n) is 13.0. The van der Waals surface area contributed by atoms with Crippen LogP contribution in [0.1, 0.15) is 65.4 Å². The number of hydrogen-bond acceptors (Lipinski definition) is 8. The number of ketones is 1. The summed E-state index contributed by atoms with van der Waals surface area (Å²) >= 11 is 0. The van der Waals surface area contributed by atoms with Gasteiger partial charge in [-0.05, 0) is 74.3 Å². The lowest BCUT2D eigenvalue weighted by molar-refractivity contribution is -0.202. The number of esters is 1. The Morgan fingerprint density at radius 2 is 1.81 bits per heavy atom. The molecule has 3 saturated carbocycles. The number of ether oxygens (including phenoxy) is 1. The van der Waals surface area contributed by atoms with Crippen LogP contribution in [0.5, 0.6) is 0 Å². The van der Waals surface area contributed by atoms with Gasteiger partial charge in [-0.1, -0.05) is 38.5 Å². The van der Waals surface area contributed by atoms with Gasteiger partial charge in [0.15, 0.2) is 6.61 Å². The number of carbonyl (C=O) groups is 3. The van der Waals surface area contributed by atoms with Crippen LogP contribution in [0, 0.1) is 40.9 Å². The Bertz CT molecular complexity index is 1180. The molecule has 37 heavy (non-hydrogen) atoms. The average molecular weight is 535 g/mol. The Morgan fingerprint density at radius 1 is 1.16 bits per heavy atom. The van der Waals surface area contributed by atoms with Gasteiger partial charge in [-0.2, -0.15) is 8.42 Å². The molecule has 0 spiro atoms. The number of aldehydes is 1. The van der Waals surface area contributed by atoms with Crippen LogP contribution in [0.4, 0.5) is 0 Å². The lowest BCUT2D eigenvalue weighted by atomic mass is 9.44. The second-order valence-corrected chi connectivity index (χ2v) is 13.6. The Hall–Kier alpha value is -2.10. The maximum Gasteiger partial charge on any atom is 0.333 e. The molecule has 204 valence electrons. The highest BCUT2D eigenvalue weighted by molar-refractivity contribution is 7.86. The zero-order valence-electron chi connectivity index (χ0n) is 22.2. The van der Waals surface area contributed by atoms with Crippen molar-refractivity contribution in [3.63, 3.8) is 0 Å². The van der Waals surface area contributed by atoms with Crippen LogP contribution < -0.4 is 0 Å². The van der Waals surface area contributed by atoms with Gasteiger partial charge in [-0.3, -0.25) is 8.98 Å². The van der Waals surface area contributed by atoms with Gasteiger partial charge in [-0.15, -0.1) is 0 Å². The number of aryl methyl sites for hydroxylation is 1. The van der Waals surface area contributed by atoms with E-state index in [4.69, 9.17) is 8.92 Å². The van der Waals surface area contributed by atoms with Gasteiger partial charge in [0.2, 0.25) is 0 Å². The second-order valence-electron chi connectivity index (χ2n) is 12.0. The van der Waals surface area contributed by atoms with Crippen molar-refractivity contribution in [2.75, 3.05) is 6.61 Å². The average Bonchev–Trinajstić information content (AvgIpc) is 3.21. The molecule has 2 bridgehead atoms. The zero-order valence-corrected chi connectivity index (χ0v) is 23.0. The summed E-state index contributed by atoms with van der Waals surface area (Å²) in [6, 6.07) is 6.03. The van der Waals surface area contributed by atoms with E-state index in [1.54, 1.807) is 19.1 Å².